The van der Waals surface area contributed by atoms with Crippen LogP contribution in [0.15, 0.2) is 28.7 Å². The molecule has 0 bridgehead atoms. The normalized spacial score (nSPS) is 17.3. The van der Waals surface area contributed by atoms with Crippen molar-refractivity contribution in [1.82, 2.24) is 10.2 Å². The average molecular weight is 325 g/mol. The molecule has 0 saturated carbocycles. The van der Waals surface area contributed by atoms with Crippen LogP contribution in [-0.2, 0) is 11.3 Å². The van der Waals surface area contributed by atoms with Crippen molar-refractivity contribution >= 4 is 21.8 Å². The van der Waals surface area contributed by atoms with Gasteiger partial charge in [-0.1, -0.05) is 28.1 Å². The van der Waals surface area contributed by atoms with E-state index in [1.54, 1.807) is 0 Å². The number of likely N-dealkylation sites (tertiary alicyclic amines) is 1. The summed E-state index contributed by atoms with van der Waals surface area (Å²) in [6, 6.07) is 8.04. The first-order chi connectivity index (χ1) is 9.16. The number of halogens is 1. The number of benzene rings is 1. The average Bonchev–Trinajstić information content (AvgIpc) is 2.45. The van der Waals surface area contributed by atoms with Crippen molar-refractivity contribution in [2.45, 2.75) is 38.8 Å². The van der Waals surface area contributed by atoms with Crippen molar-refractivity contribution in [3.8, 4) is 0 Å². The SMILES string of the molecule is CC(NCc1cccc(Br)c1)C(=O)N1CCCCC1. The van der Waals surface area contributed by atoms with Crippen LogP contribution in [0, 0.1) is 0 Å². The lowest BCUT2D eigenvalue weighted by molar-refractivity contribution is -0.133. The molecule has 1 heterocycles. The molecule has 0 aliphatic carbocycles. The fraction of sp³-hybridized carbons (Fsp3) is 0.533. The second kappa shape index (κ2) is 7.06. The molecule has 1 aliphatic heterocycles. The van der Waals surface area contributed by atoms with E-state index in [1.807, 2.05) is 24.0 Å². The van der Waals surface area contributed by atoms with E-state index in [0.29, 0.717) is 0 Å². The van der Waals surface area contributed by atoms with Gasteiger partial charge < -0.3 is 10.2 Å². The Labute approximate surface area is 123 Å². The number of nitrogens with one attached hydrogen (secondary N) is 1. The minimum absolute atomic E-state index is 0.114. The maximum atomic E-state index is 12.2. The number of nitrogens with zero attached hydrogens (tertiary/aromatic N) is 1. The highest BCUT2D eigenvalue weighted by Crippen LogP contribution is 2.12. The first-order valence-electron chi connectivity index (χ1n) is 6.93. The summed E-state index contributed by atoms with van der Waals surface area (Å²) in [7, 11) is 0. The first kappa shape index (κ1) is 14.5. The molecule has 1 saturated heterocycles. The Morgan fingerprint density at radius 3 is 2.79 bits per heavy atom. The number of hydrogen-bond donors (Lipinski definition) is 1. The summed E-state index contributed by atoms with van der Waals surface area (Å²) in [5.74, 6) is 0.231. The van der Waals surface area contributed by atoms with E-state index in [1.165, 1.54) is 12.0 Å². The molecule has 2 rings (SSSR count). The van der Waals surface area contributed by atoms with Crippen molar-refractivity contribution in [3.63, 3.8) is 0 Å². The summed E-state index contributed by atoms with van der Waals surface area (Å²) in [5.41, 5.74) is 1.19. The van der Waals surface area contributed by atoms with Gasteiger partial charge in [-0.3, -0.25) is 4.79 Å². The van der Waals surface area contributed by atoms with E-state index in [-0.39, 0.29) is 11.9 Å². The monoisotopic (exact) mass is 324 g/mol. The summed E-state index contributed by atoms with van der Waals surface area (Å²) < 4.78 is 1.07. The quantitative estimate of drug-likeness (QED) is 0.923. The zero-order valence-electron chi connectivity index (χ0n) is 11.4. The van der Waals surface area contributed by atoms with Crippen LogP contribution < -0.4 is 5.32 Å². The predicted molar refractivity (Wildman–Crippen MR) is 80.9 cm³/mol. The van der Waals surface area contributed by atoms with Crippen LogP contribution in [0.1, 0.15) is 31.7 Å². The van der Waals surface area contributed by atoms with Crippen LogP contribution in [0.3, 0.4) is 0 Å². The van der Waals surface area contributed by atoms with E-state index in [0.717, 1.165) is 36.9 Å². The molecule has 1 aromatic carbocycles. The van der Waals surface area contributed by atoms with E-state index in [2.05, 4.69) is 33.4 Å². The van der Waals surface area contributed by atoms with Crippen LogP contribution in [0.4, 0.5) is 0 Å². The lowest BCUT2D eigenvalue weighted by Gasteiger charge is -2.29. The van der Waals surface area contributed by atoms with E-state index < -0.39 is 0 Å². The van der Waals surface area contributed by atoms with E-state index in [9.17, 15) is 4.79 Å². The maximum Gasteiger partial charge on any atom is 0.239 e. The molecule has 1 fully saturated rings. The molecule has 1 unspecified atom stereocenters. The molecule has 19 heavy (non-hydrogen) atoms. The lowest BCUT2D eigenvalue weighted by Crippen LogP contribution is -2.46. The molecule has 0 radical (unpaired) electrons. The van der Waals surface area contributed by atoms with Gasteiger partial charge in [0, 0.05) is 24.1 Å². The molecular weight excluding hydrogens is 304 g/mol. The van der Waals surface area contributed by atoms with Gasteiger partial charge in [0.1, 0.15) is 0 Å². The fourth-order valence-corrected chi connectivity index (χ4v) is 2.84. The van der Waals surface area contributed by atoms with Crippen molar-refractivity contribution in [2.24, 2.45) is 0 Å². The molecular formula is C15H21BrN2O. The van der Waals surface area contributed by atoms with Crippen molar-refractivity contribution in [2.75, 3.05) is 13.1 Å². The third kappa shape index (κ3) is 4.32. The van der Waals surface area contributed by atoms with Gasteiger partial charge in [-0.2, -0.15) is 0 Å². The Kier molecular flexibility index (Phi) is 5.40. The molecule has 4 heteroatoms. The summed E-state index contributed by atoms with van der Waals surface area (Å²) in [4.78, 5) is 14.2. The zero-order chi connectivity index (χ0) is 13.7. The van der Waals surface area contributed by atoms with Crippen LogP contribution in [0.25, 0.3) is 0 Å². The van der Waals surface area contributed by atoms with Gasteiger partial charge in [0.25, 0.3) is 0 Å². The van der Waals surface area contributed by atoms with Crippen molar-refractivity contribution < 1.29 is 4.79 Å². The number of rotatable bonds is 4. The highest BCUT2D eigenvalue weighted by atomic mass is 79.9. The molecule has 1 amide bonds. The van der Waals surface area contributed by atoms with Crippen LogP contribution >= 0.6 is 15.9 Å². The summed E-state index contributed by atoms with van der Waals surface area (Å²) in [5, 5.41) is 3.31. The number of carbonyl (C=O) groups is 1. The number of hydrogen-bond acceptors (Lipinski definition) is 2. The molecule has 104 valence electrons. The Hall–Kier alpha value is -0.870. The van der Waals surface area contributed by atoms with Gasteiger partial charge in [-0.25, -0.2) is 0 Å². The molecule has 0 aromatic heterocycles. The van der Waals surface area contributed by atoms with Gasteiger partial charge in [0.2, 0.25) is 5.91 Å². The predicted octanol–water partition coefficient (Wildman–Crippen LogP) is 2.94. The van der Waals surface area contributed by atoms with Gasteiger partial charge >= 0.3 is 0 Å². The third-order valence-corrected chi connectivity index (χ3v) is 4.03. The maximum absolute atomic E-state index is 12.2. The van der Waals surface area contributed by atoms with Gasteiger partial charge in [-0.15, -0.1) is 0 Å². The number of carbonyl (C=O) groups excluding carboxylic acids is 1. The summed E-state index contributed by atoms with van der Waals surface area (Å²) >= 11 is 3.46. The minimum atomic E-state index is -0.114. The molecule has 1 atom stereocenters. The fourth-order valence-electron chi connectivity index (χ4n) is 2.39. The molecule has 3 nitrogen and oxygen atoms in total. The molecule has 1 aromatic rings. The molecule has 1 aliphatic rings. The number of amides is 1. The highest BCUT2D eigenvalue weighted by Gasteiger charge is 2.21. The largest absolute Gasteiger partial charge is 0.341 e. The minimum Gasteiger partial charge on any atom is -0.341 e. The molecule has 0 spiro atoms. The second-order valence-corrected chi connectivity index (χ2v) is 6.03. The lowest BCUT2D eigenvalue weighted by atomic mass is 10.1. The summed E-state index contributed by atoms with van der Waals surface area (Å²) in [6.07, 6.45) is 3.54. The first-order valence-corrected chi connectivity index (χ1v) is 7.73. The van der Waals surface area contributed by atoms with Crippen LogP contribution in [-0.4, -0.2) is 29.9 Å². The third-order valence-electron chi connectivity index (χ3n) is 3.54. The van der Waals surface area contributed by atoms with Crippen LogP contribution in [0.2, 0.25) is 0 Å². The van der Waals surface area contributed by atoms with Gasteiger partial charge in [0.05, 0.1) is 6.04 Å². The summed E-state index contributed by atoms with van der Waals surface area (Å²) in [6.45, 7) is 4.51. The molecule has 1 N–H and O–H groups in total. The van der Waals surface area contributed by atoms with Crippen LogP contribution in [0.5, 0.6) is 0 Å². The van der Waals surface area contributed by atoms with Crippen molar-refractivity contribution in [3.05, 3.63) is 34.3 Å². The standard InChI is InChI=1S/C15H21BrN2O/c1-12(15(19)18-8-3-2-4-9-18)17-11-13-6-5-7-14(16)10-13/h5-7,10,12,17H,2-4,8-9,11H2,1H3. The number of piperidine rings is 1. The highest BCUT2D eigenvalue weighted by molar-refractivity contribution is 9.10. The van der Waals surface area contributed by atoms with Gasteiger partial charge in [0.15, 0.2) is 0 Å². The van der Waals surface area contributed by atoms with E-state index in [4.69, 9.17) is 0 Å². The Bertz CT molecular complexity index is 430. The van der Waals surface area contributed by atoms with Crippen molar-refractivity contribution in [1.29, 1.82) is 0 Å². The zero-order valence-corrected chi connectivity index (χ0v) is 12.9. The topological polar surface area (TPSA) is 32.3 Å². The van der Waals surface area contributed by atoms with E-state index >= 15 is 0 Å². The van der Waals surface area contributed by atoms with Gasteiger partial charge in [-0.05, 0) is 43.9 Å². The Morgan fingerprint density at radius 1 is 1.37 bits per heavy atom. The second-order valence-electron chi connectivity index (χ2n) is 5.12. The smallest absolute Gasteiger partial charge is 0.239 e. The Balaban J connectivity index is 1.83. The Morgan fingerprint density at radius 2 is 2.11 bits per heavy atom.